The van der Waals surface area contributed by atoms with E-state index >= 15 is 0 Å². The molecule has 0 aliphatic carbocycles. The van der Waals surface area contributed by atoms with Crippen LogP contribution in [0.15, 0.2) is 78.9 Å². The van der Waals surface area contributed by atoms with Crippen molar-refractivity contribution < 1.29 is 4.79 Å². The zero-order valence-corrected chi connectivity index (χ0v) is 16.2. The van der Waals surface area contributed by atoms with Gasteiger partial charge in [0.05, 0.1) is 5.52 Å². The fraction of sp³-hybridized carbons (Fsp3) is 0.125. The van der Waals surface area contributed by atoms with Gasteiger partial charge in [0.25, 0.3) is 0 Å². The molecular weight excluding hydrogens is 360 g/mol. The first-order valence-corrected chi connectivity index (χ1v) is 9.62. The molecule has 0 spiro atoms. The maximum Gasteiger partial charge on any atom is 0.229 e. The number of para-hydroxylation sites is 1. The molecular formula is C24H22N4O. The third-order valence-corrected chi connectivity index (χ3v) is 4.68. The maximum atomic E-state index is 11.6. The number of nitrogens with one attached hydrogen (secondary N) is 2. The molecule has 144 valence electrons. The maximum absolute atomic E-state index is 11.6. The minimum Gasteiger partial charge on any atom is -0.369 e. The third-order valence-electron chi connectivity index (χ3n) is 4.68. The molecule has 0 amide bonds. The van der Waals surface area contributed by atoms with Gasteiger partial charge < -0.3 is 10.6 Å². The Balaban J connectivity index is 1.58. The van der Waals surface area contributed by atoms with Crippen molar-refractivity contribution in [1.29, 1.82) is 0 Å². The fourth-order valence-electron chi connectivity index (χ4n) is 3.18. The van der Waals surface area contributed by atoms with Crippen LogP contribution < -0.4 is 10.6 Å². The first-order chi connectivity index (χ1) is 14.2. The van der Waals surface area contributed by atoms with Crippen molar-refractivity contribution >= 4 is 34.1 Å². The van der Waals surface area contributed by atoms with E-state index in [9.17, 15) is 4.79 Å². The number of carbonyl (C=O) groups is 1. The molecule has 0 aliphatic heterocycles. The molecule has 1 aromatic heterocycles. The van der Waals surface area contributed by atoms with E-state index in [4.69, 9.17) is 0 Å². The second kappa shape index (κ2) is 8.52. The van der Waals surface area contributed by atoms with Crippen LogP contribution in [-0.4, -0.2) is 22.3 Å². The Morgan fingerprint density at radius 1 is 0.897 bits per heavy atom. The molecule has 0 atom stereocenters. The number of benzene rings is 3. The molecule has 1 heterocycles. The van der Waals surface area contributed by atoms with Crippen molar-refractivity contribution in [2.45, 2.75) is 13.3 Å². The highest BCUT2D eigenvalue weighted by Gasteiger charge is 2.08. The quantitative estimate of drug-likeness (QED) is 0.428. The van der Waals surface area contributed by atoms with E-state index in [1.165, 1.54) is 5.56 Å². The molecule has 4 rings (SSSR count). The van der Waals surface area contributed by atoms with Gasteiger partial charge in [-0.3, -0.25) is 4.79 Å². The van der Waals surface area contributed by atoms with Crippen molar-refractivity contribution in [1.82, 2.24) is 9.97 Å². The van der Waals surface area contributed by atoms with Crippen LogP contribution in [0.2, 0.25) is 0 Å². The molecule has 2 N–H and O–H groups in total. The number of carbonyl (C=O) groups excluding carboxylic acids is 1. The predicted molar refractivity (Wildman–Crippen MR) is 118 cm³/mol. The van der Waals surface area contributed by atoms with Crippen LogP contribution in [0.25, 0.3) is 10.9 Å². The molecule has 0 bridgehead atoms. The van der Waals surface area contributed by atoms with Crippen molar-refractivity contribution in [2.75, 3.05) is 17.2 Å². The lowest BCUT2D eigenvalue weighted by Gasteiger charge is -2.12. The molecule has 0 saturated heterocycles. The van der Waals surface area contributed by atoms with Gasteiger partial charge in [-0.15, -0.1) is 0 Å². The zero-order valence-electron chi connectivity index (χ0n) is 16.2. The van der Waals surface area contributed by atoms with Crippen molar-refractivity contribution in [3.63, 3.8) is 0 Å². The summed E-state index contributed by atoms with van der Waals surface area (Å²) in [7, 11) is 0. The molecule has 3 aromatic carbocycles. The van der Waals surface area contributed by atoms with E-state index in [0.29, 0.717) is 11.5 Å². The molecule has 4 aromatic rings. The summed E-state index contributed by atoms with van der Waals surface area (Å²) < 4.78 is 0. The van der Waals surface area contributed by atoms with Gasteiger partial charge in [0.2, 0.25) is 5.95 Å². The number of ketones is 1. The number of rotatable bonds is 7. The summed E-state index contributed by atoms with van der Waals surface area (Å²) in [5.41, 5.74) is 3.56. The molecule has 5 nitrogen and oxygen atoms in total. The van der Waals surface area contributed by atoms with Gasteiger partial charge in [0.15, 0.2) is 5.78 Å². The summed E-state index contributed by atoms with van der Waals surface area (Å²) in [5.74, 6) is 1.31. The van der Waals surface area contributed by atoms with Crippen LogP contribution in [0.3, 0.4) is 0 Å². The Bertz CT molecular complexity index is 1140. The largest absolute Gasteiger partial charge is 0.369 e. The standard InChI is InChI=1S/C24H22N4O/c1-17(29)19-10-7-11-20(16-19)26-24-27-22-13-6-5-12-21(22)23(28-24)25-15-14-18-8-3-2-4-9-18/h2-13,16H,14-15H2,1H3,(H2,25,26,27,28). The normalized spacial score (nSPS) is 10.7. The van der Waals surface area contributed by atoms with Gasteiger partial charge in [-0.1, -0.05) is 54.6 Å². The van der Waals surface area contributed by atoms with E-state index in [2.05, 4.69) is 32.7 Å². The highest BCUT2D eigenvalue weighted by Crippen LogP contribution is 2.24. The summed E-state index contributed by atoms with van der Waals surface area (Å²) in [4.78, 5) is 21.0. The van der Waals surface area contributed by atoms with Gasteiger partial charge in [-0.25, -0.2) is 4.98 Å². The smallest absolute Gasteiger partial charge is 0.229 e. The number of aromatic nitrogens is 2. The average molecular weight is 382 g/mol. The summed E-state index contributed by atoms with van der Waals surface area (Å²) >= 11 is 0. The molecule has 29 heavy (non-hydrogen) atoms. The van der Waals surface area contributed by atoms with Crippen LogP contribution in [0, 0.1) is 0 Å². The Morgan fingerprint density at radius 3 is 2.52 bits per heavy atom. The van der Waals surface area contributed by atoms with Crippen LogP contribution >= 0.6 is 0 Å². The number of nitrogens with zero attached hydrogens (tertiary/aromatic N) is 2. The van der Waals surface area contributed by atoms with Crippen molar-refractivity contribution in [3.05, 3.63) is 90.0 Å². The lowest BCUT2D eigenvalue weighted by Crippen LogP contribution is -2.09. The Kier molecular flexibility index (Phi) is 5.47. The topological polar surface area (TPSA) is 66.9 Å². The molecule has 0 unspecified atom stereocenters. The molecule has 0 fully saturated rings. The van der Waals surface area contributed by atoms with Gasteiger partial charge in [0, 0.05) is 23.2 Å². The van der Waals surface area contributed by atoms with E-state index in [0.717, 1.165) is 35.4 Å². The monoisotopic (exact) mass is 382 g/mol. The van der Waals surface area contributed by atoms with E-state index < -0.39 is 0 Å². The van der Waals surface area contributed by atoms with Gasteiger partial charge in [-0.05, 0) is 43.2 Å². The number of anilines is 3. The highest BCUT2D eigenvalue weighted by atomic mass is 16.1. The Labute approximate surface area is 169 Å². The van der Waals surface area contributed by atoms with Crippen LogP contribution in [0.4, 0.5) is 17.5 Å². The number of hydrogen-bond donors (Lipinski definition) is 2. The van der Waals surface area contributed by atoms with E-state index in [1.54, 1.807) is 13.0 Å². The second-order valence-corrected chi connectivity index (χ2v) is 6.84. The van der Waals surface area contributed by atoms with E-state index in [1.807, 2.05) is 60.7 Å². The fourth-order valence-corrected chi connectivity index (χ4v) is 3.18. The lowest BCUT2D eigenvalue weighted by molar-refractivity contribution is 0.101. The lowest BCUT2D eigenvalue weighted by atomic mass is 10.1. The first kappa shape index (κ1) is 18.6. The Morgan fingerprint density at radius 2 is 1.69 bits per heavy atom. The highest BCUT2D eigenvalue weighted by molar-refractivity contribution is 5.95. The third kappa shape index (κ3) is 4.58. The molecule has 5 heteroatoms. The zero-order chi connectivity index (χ0) is 20.1. The van der Waals surface area contributed by atoms with Crippen LogP contribution in [0.5, 0.6) is 0 Å². The van der Waals surface area contributed by atoms with Gasteiger partial charge in [-0.2, -0.15) is 4.98 Å². The second-order valence-electron chi connectivity index (χ2n) is 6.84. The number of hydrogen-bond acceptors (Lipinski definition) is 5. The Hall–Kier alpha value is -3.73. The first-order valence-electron chi connectivity index (χ1n) is 9.62. The molecule has 0 radical (unpaired) electrons. The summed E-state index contributed by atoms with van der Waals surface area (Å²) in [6, 6.07) is 25.6. The number of fused-ring (bicyclic) bond motifs is 1. The van der Waals surface area contributed by atoms with Crippen LogP contribution in [-0.2, 0) is 6.42 Å². The molecule has 0 aliphatic rings. The summed E-state index contributed by atoms with van der Waals surface area (Å²) in [6.07, 6.45) is 0.905. The van der Waals surface area contributed by atoms with Gasteiger partial charge >= 0.3 is 0 Å². The SMILES string of the molecule is CC(=O)c1cccc(Nc2nc(NCCc3ccccc3)c3ccccc3n2)c1. The predicted octanol–water partition coefficient (Wildman–Crippen LogP) is 5.23. The van der Waals surface area contributed by atoms with Crippen molar-refractivity contribution in [2.24, 2.45) is 0 Å². The minimum atomic E-state index is 0.0244. The number of Topliss-reactive ketones (excluding diaryl/α,β-unsaturated/α-hetero) is 1. The minimum absolute atomic E-state index is 0.0244. The van der Waals surface area contributed by atoms with Gasteiger partial charge in [0.1, 0.15) is 5.82 Å². The van der Waals surface area contributed by atoms with Crippen molar-refractivity contribution in [3.8, 4) is 0 Å². The van der Waals surface area contributed by atoms with Crippen LogP contribution in [0.1, 0.15) is 22.8 Å². The summed E-state index contributed by atoms with van der Waals surface area (Å²) in [6.45, 7) is 2.32. The molecule has 0 saturated carbocycles. The van der Waals surface area contributed by atoms with E-state index in [-0.39, 0.29) is 5.78 Å². The average Bonchev–Trinajstić information content (AvgIpc) is 2.74. The summed E-state index contributed by atoms with van der Waals surface area (Å²) in [5, 5.41) is 7.65.